The molecule has 0 aliphatic heterocycles. The van der Waals surface area contributed by atoms with E-state index in [1.165, 1.54) is 0 Å². The molecule has 0 aliphatic carbocycles. The quantitative estimate of drug-likeness (QED) is 0.752. The van der Waals surface area contributed by atoms with Crippen LogP contribution in [0.3, 0.4) is 0 Å². The molecule has 1 atom stereocenters. The van der Waals surface area contributed by atoms with Crippen molar-refractivity contribution in [1.29, 1.82) is 0 Å². The molecule has 0 bridgehead atoms. The summed E-state index contributed by atoms with van der Waals surface area (Å²) in [6.07, 6.45) is 4.42. The molecule has 0 saturated carbocycles. The molecule has 0 aliphatic rings. The first-order valence-corrected chi connectivity index (χ1v) is 7.10. The molecule has 108 valence electrons. The number of halogens is 1. The number of rotatable bonds is 3. The van der Waals surface area contributed by atoms with Crippen molar-refractivity contribution in [1.82, 2.24) is 24.5 Å². The SMILES string of the molecule is CCC(C)n1cnc2c(-c3ccc(N)nc3)nc(Cl)nc21. The van der Waals surface area contributed by atoms with Crippen molar-refractivity contribution >= 4 is 28.6 Å². The normalized spacial score (nSPS) is 12.7. The average molecular weight is 303 g/mol. The van der Waals surface area contributed by atoms with Gasteiger partial charge in [0.05, 0.1) is 6.33 Å². The third-order valence-electron chi connectivity index (χ3n) is 3.52. The van der Waals surface area contributed by atoms with Crippen molar-refractivity contribution in [3.8, 4) is 11.3 Å². The zero-order valence-electron chi connectivity index (χ0n) is 11.8. The van der Waals surface area contributed by atoms with Crippen LogP contribution in [0.5, 0.6) is 0 Å². The van der Waals surface area contributed by atoms with E-state index in [-0.39, 0.29) is 5.28 Å². The predicted octanol–water partition coefficient (Wildman–Crippen LogP) is 3.09. The highest BCUT2D eigenvalue weighted by Gasteiger charge is 2.16. The van der Waals surface area contributed by atoms with E-state index in [1.807, 2.05) is 10.6 Å². The molecule has 0 amide bonds. The molecule has 0 spiro atoms. The Morgan fingerprint density at radius 3 is 2.76 bits per heavy atom. The second-order valence-corrected chi connectivity index (χ2v) is 5.23. The lowest BCUT2D eigenvalue weighted by Crippen LogP contribution is -2.03. The summed E-state index contributed by atoms with van der Waals surface area (Å²) < 4.78 is 2.01. The standard InChI is InChI=1S/C14H15ClN6/c1-3-8(2)21-7-18-12-11(19-14(15)20-13(12)21)9-4-5-10(16)17-6-9/h4-8H,3H2,1-2H3,(H2,16,17). The number of aromatic nitrogens is 5. The van der Waals surface area contributed by atoms with Crippen LogP contribution >= 0.6 is 11.6 Å². The van der Waals surface area contributed by atoms with Crippen LogP contribution < -0.4 is 5.73 Å². The zero-order chi connectivity index (χ0) is 15.0. The highest BCUT2D eigenvalue weighted by Crippen LogP contribution is 2.28. The number of nitrogen functional groups attached to an aromatic ring is 1. The minimum absolute atomic E-state index is 0.194. The molecule has 0 radical (unpaired) electrons. The fraction of sp³-hybridized carbons (Fsp3) is 0.286. The Kier molecular flexibility index (Phi) is 3.47. The lowest BCUT2D eigenvalue weighted by atomic mass is 10.2. The van der Waals surface area contributed by atoms with E-state index in [1.54, 1.807) is 18.6 Å². The second kappa shape index (κ2) is 5.29. The van der Waals surface area contributed by atoms with E-state index >= 15 is 0 Å². The van der Waals surface area contributed by atoms with E-state index in [0.29, 0.717) is 23.1 Å². The molecule has 2 N–H and O–H groups in total. The van der Waals surface area contributed by atoms with Gasteiger partial charge >= 0.3 is 0 Å². The first kappa shape index (κ1) is 13.8. The highest BCUT2D eigenvalue weighted by atomic mass is 35.5. The molecule has 6 nitrogen and oxygen atoms in total. The van der Waals surface area contributed by atoms with Crippen molar-refractivity contribution in [2.75, 3.05) is 5.73 Å². The summed E-state index contributed by atoms with van der Waals surface area (Å²) in [6, 6.07) is 3.87. The third-order valence-corrected chi connectivity index (χ3v) is 3.69. The molecule has 1 unspecified atom stereocenters. The second-order valence-electron chi connectivity index (χ2n) is 4.89. The lowest BCUT2D eigenvalue weighted by Gasteiger charge is -2.11. The van der Waals surface area contributed by atoms with Gasteiger partial charge in [-0.2, -0.15) is 4.98 Å². The molecule has 3 aromatic heterocycles. The van der Waals surface area contributed by atoms with E-state index < -0.39 is 0 Å². The highest BCUT2D eigenvalue weighted by molar-refractivity contribution is 6.28. The fourth-order valence-corrected chi connectivity index (χ4v) is 2.32. The van der Waals surface area contributed by atoms with Crippen LogP contribution in [0.1, 0.15) is 26.3 Å². The maximum absolute atomic E-state index is 6.07. The largest absolute Gasteiger partial charge is 0.384 e. The van der Waals surface area contributed by atoms with Crippen molar-refractivity contribution in [3.63, 3.8) is 0 Å². The minimum Gasteiger partial charge on any atom is -0.384 e. The van der Waals surface area contributed by atoms with Crippen molar-refractivity contribution in [2.24, 2.45) is 0 Å². The van der Waals surface area contributed by atoms with E-state index in [0.717, 1.165) is 17.6 Å². The van der Waals surface area contributed by atoms with Gasteiger partial charge in [-0.05, 0) is 37.1 Å². The van der Waals surface area contributed by atoms with Gasteiger partial charge in [0.1, 0.15) is 17.0 Å². The number of hydrogen-bond donors (Lipinski definition) is 1. The van der Waals surface area contributed by atoms with Crippen LogP contribution in [-0.4, -0.2) is 24.5 Å². The molecule has 3 rings (SSSR count). The van der Waals surface area contributed by atoms with Gasteiger partial charge in [0.25, 0.3) is 0 Å². The number of nitrogens with zero attached hydrogens (tertiary/aromatic N) is 5. The lowest BCUT2D eigenvalue weighted by molar-refractivity contribution is 0.541. The minimum atomic E-state index is 0.194. The Labute approximate surface area is 127 Å². The summed E-state index contributed by atoms with van der Waals surface area (Å²) in [4.78, 5) is 17.2. The zero-order valence-corrected chi connectivity index (χ0v) is 12.5. The van der Waals surface area contributed by atoms with E-state index in [2.05, 4.69) is 33.8 Å². The van der Waals surface area contributed by atoms with Gasteiger partial charge < -0.3 is 10.3 Å². The summed E-state index contributed by atoms with van der Waals surface area (Å²) >= 11 is 6.07. The average Bonchev–Trinajstić information content (AvgIpc) is 2.90. The smallest absolute Gasteiger partial charge is 0.225 e. The summed E-state index contributed by atoms with van der Waals surface area (Å²) in [6.45, 7) is 4.23. The molecule has 0 saturated heterocycles. The van der Waals surface area contributed by atoms with Crippen LogP contribution in [0.4, 0.5) is 5.82 Å². The number of nitrogens with two attached hydrogens (primary N) is 1. The summed E-state index contributed by atoms with van der Waals surface area (Å²) in [5, 5.41) is 0.194. The Morgan fingerprint density at radius 1 is 1.29 bits per heavy atom. The molecule has 0 aromatic carbocycles. The van der Waals surface area contributed by atoms with Crippen molar-refractivity contribution < 1.29 is 0 Å². The van der Waals surface area contributed by atoms with Gasteiger partial charge in [0.15, 0.2) is 5.65 Å². The van der Waals surface area contributed by atoms with Gasteiger partial charge in [0.2, 0.25) is 5.28 Å². The first-order valence-electron chi connectivity index (χ1n) is 6.72. The van der Waals surface area contributed by atoms with Gasteiger partial charge in [-0.25, -0.2) is 15.0 Å². The Morgan fingerprint density at radius 2 is 2.10 bits per heavy atom. The van der Waals surface area contributed by atoms with Crippen LogP contribution in [0.25, 0.3) is 22.4 Å². The molecule has 7 heteroatoms. The molecule has 21 heavy (non-hydrogen) atoms. The van der Waals surface area contributed by atoms with Crippen LogP contribution in [0.15, 0.2) is 24.7 Å². The van der Waals surface area contributed by atoms with Crippen molar-refractivity contribution in [3.05, 3.63) is 29.9 Å². The topological polar surface area (TPSA) is 82.5 Å². The van der Waals surface area contributed by atoms with E-state index in [9.17, 15) is 0 Å². The predicted molar refractivity (Wildman–Crippen MR) is 83.0 cm³/mol. The molecule has 0 fully saturated rings. The molecular weight excluding hydrogens is 288 g/mol. The maximum Gasteiger partial charge on any atom is 0.225 e. The van der Waals surface area contributed by atoms with Gasteiger partial charge in [0, 0.05) is 17.8 Å². The monoisotopic (exact) mass is 302 g/mol. The number of pyridine rings is 1. The molecule has 3 heterocycles. The maximum atomic E-state index is 6.07. The van der Waals surface area contributed by atoms with E-state index in [4.69, 9.17) is 17.3 Å². The van der Waals surface area contributed by atoms with Crippen LogP contribution in [-0.2, 0) is 0 Å². The number of anilines is 1. The van der Waals surface area contributed by atoms with Gasteiger partial charge in [-0.1, -0.05) is 6.92 Å². The number of hydrogen-bond acceptors (Lipinski definition) is 5. The summed E-state index contributed by atoms with van der Waals surface area (Å²) in [5.41, 5.74) is 8.55. The first-order chi connectivity index (χ1) is 10.1. The third kappa shape index (κ3) is 2.42. The molecular formula is C14H15ClN6. The molecule has 3 aromatic rings. The van der Waals surface area contributed by atoms with Crippen LogP contribution in [0.2, 0.25) is 5.28 Å². The number of imidazole rings is 1. The Hall–Kier alpha value is -2.21. The summed E-state index contributed by atoms with van der Waals surface area (Å²) in [5.74, 6) is 0.459. The number of fused-ring (bicyclic) bond motifs is 1. The van der Waals surface area contributed by atoms with Gasteiger partial charge in [-0.3, -0.25) is 0 Å². The van der Waals surface area contributed by atoms with Gasteiger partial charge in [-0.15, -0.1) is 0 Å². The Balaban J connectivity index is 2.24. The van der Waals surface area contributed by atoms with Crippen LogP contribution in [0, 0.1) is 0 Å². The summed E-state index contributed by atoms with van der Waals surface area (Å²) in [7, 11) is 0. The Bertz CT molecular complexity index is 780. The van der Waals surface area contributed by atoms with Crippen molar-refractivity contribution in [2.45, 2.75) is 26.3 Å². The fourth-order valence-electron chi connectivity index (χ4n) is 2.16.